The molecule has 0 saturated carbocycles. The number of ether oxygens (including phenoxy) is 1. The molecule has 1 aliphatic rings. The van der Waals surface area contributed by atoms with E-state index >= 15 is 0 Å². The van der Waals surface area contributed by atoms with E-state index in [2.05, 4.69) is 22.3 Å². The van der Waals surface area contributed by atoms with Gasteiger partial charge in [-0.05, 0) is 37.4 Å². The summed E-state index contributed by atoms with van der Waals surface area (Å²) in [6.07, 6.45) is 0. The highest BCUT2D eigenvalue weighted by molar-refractivity contribution is 5.89. The minimum absolute atomic E-state index is 0.0112. The summed E-state index contributed by atoms with van der Waals surface area (Å²) < 4.78 is 6.00. The topological polar surface area (TPSA) is 41.6 Å². The zero-order valence-corrected chi connectivity index (χ0v) is 16.2. The first kappa shape index (κ1) is 18.3. The molecule has 0 aromatic heterocycles. The molecule has 0 fully saturated rings. The molecule has 0 bridgehead atoms. The second kappa shape index (κ2) is 7.87. The van der Waals surface area contributed by atoms with Gasteiger partial charge >= 0.3 is 0 Å². The molecule has 1 amide bonds. The third kappa shape index (κ3) is 3.64. The predicted octanol–water partition coefficient (Wildman–Crippen LogP) is 4.30. The van der Waals surface area contributed by atoms with Crippen LogP contribution in [0.5, 0.6) is 11.5 Å². The molecule has 0 radical (unpaired) electrons. The molecule has 0 atom stereocenters. The Labute approximate surface area is 165 Å². The van der Waals surface area contributed by atoms with Crippen LogP contribution in [0.25, 0.3) is 0 Å². The van der Waals surface area contributed by atoms with Crippen molar-refractivity contribution in [2.45, 2.75) is 19.0 Å². The maximum Gasteiger partial charge on any atom is 0.232 e. The lowest BCUT2D eigenvalue weighted by atomic mass is 9.87. The smallest absolute Gasteiger partial charge is 0.232 e. The molecule has 28 heavy (non-hydrogen) atoms. The molecular weight excluding hydrogens is 348 g/mol. The van der Waals surface area contributed by atoms with Crippen LogP contribution in [0.1, 0.15) is 28.2 Å². The van der Waals surface area contributed by atoms with Gasteiger partial charge in [-0.15, -0.1) is 0 Å². The molecule has 4 heteroatoms. The average molecular weight is 372 g/mol. The minimum atomic E-state index is -0.373. The molecule has 0 aliphatic carbocycles. The first-order chi connectivity index (χ1) is 13.6. The Morgan fingerprint density at radius 2 is 1.39 bits per heavy atom. The van der Waals surface area contributed by atoms with Crippen molar-refractivity contribution in [1.82, 2.24) is 10.2 Å². The van der Waals surface area contributed by atoms with Gasteiger partial charge in [-0.2, -0.15) is 0 Å². The van der Waals surface area contributed by atoms with Crippen molar-refractivity contribution in [3.05, 3.63) is 95.1 Å². The highest BCUT2D eigenvalue weighted by Gasteiger charge is 2.32. The van der Waals surface area contributed by atoms with E-state index in [1.54, 1.807) is 0 Å². The van der Waals surface area contributed by atoms with Crippen molar-refractivity contribution in [2.24, 2.45) is 0 Å². The van der Waals surface area contributed by atoms with Gasteiger partial charge in [-0.25, -0.2) is 0 Å². The van der Waals surface area contributed by atoms with Gasteiger partial charge < -0.3 is 15.0 Å². The van der Waals surface area contributed by atoms with Crippen molar-refractivity contribution in [3.8, 4) is 11.5 Å². The number of amides is 1. The third-order valence-corrected chi connectivity index (χ3v) is 5.00. The standard InChI is InChI=1S/C24H24N2O2/c1-26(2)16-18-10-4-3-9-17(18)15-25-24(27)23-19-11-5-7-13-21(19)28-22-14-8-6-12-20(22)23/h3-14,23H,15-16H2,1-2H3,(H,25,27). The number of hydrogen-bond donors (Lipinski definition) is 1. The zero-order chi connectivity index (χ0) is 19.5. The zero-order valence-electron chi connectivity index (χ0n) is 16.2. The fraction of sp³-hybridized carbons (Fsp3) is 0.208. The Morgan fingerprint density at radius 1 is 0.857 bits per heavy atom. The normalized spacial score (nSPS) is 12.8. The Bertz CT molecular complexity index is 952. The van der Waals surface area contributed by atoms with Crippen molar-refractivity contribution in [2.75, 3.05) is 14.1 Å². The fourth-order valence-electron chi connectivity index (χ4n) is 3.70. The minimum Gasteiger partial charge on any atom is -0.457 e. The number of para-hydroxylation sites is 2. The molecule has 0 saturated heterocycles. The molecule has 4 rings (SSSR count). The van der Waals surface area contributed by atoms with Crippen LogP contribution < -0.4 is 10.1 Å². The summed E-state index contributed by atoms with van der Waals surface area (Å²) in [6.45, 7) is 1.35. The van der Waals surface area contributed by atoms with Gasteiger partial charge in [0.1, 0.15) is 11.5 Å². The fourth-order valence-corrected chi connectivity index (χ4v) is 3.70. The van der Waals surface area contributed by atoms with Gasteiger partial charge in [0.2, 0.25) is 5.91 Å². The van der Waals surface area contributed by atoms with E-state index in [9.17, 15) is 4.79 Å². The quantitative estimate of drug-likeness (QED) is 0.726. The summed E-state index contributed by atoms with van der Waals surface area (Å²) in [7, 11) is 4.09. The molecule has 3 aromatic carbocycles. The van der Waals surface area contributed by atoms with Crippen LogP contribution in [0.2, 0.25) is 0 Å². The van der Waals surface area contributed by atoms with Crippen LogP contribution in [0.15, 0.2) is 72.8 Å². The molecule has 4 nitrogen and oxygen atoms in total. The molecule has 142 valence electrons. The van der Waals surface area contributed by atoms with Gasteiger partial charge in [0, 0.05) is 24.2 Å². The van der Waals surface area contributed by atoms with Crippen LogP contribution in [0.3, 0.4) is 0 Å². The van der Waals surface area contributed by atoms with Gasteiger partial charge in [0.15, 0.2) is 0 Å². The highest BCUT2D eigenvalue weighted by Crippen LogP contribution is 2.43. The first-order valence-corrected chi connectivity index (χ1v) is 9.48. The number of nitrogens with zero attached hydrogens (tertiary/aromatic N) is 1. The van der Waals surface area contributed by atoms with Gasteiger partial charge in [-0.1, -0.05) is 60.7 Å². The summed E-state index contributed by atoms with van der Waals surface area (Å²) in [5, 5.41) is 3.15. The van der Waals surface area contributed by atoms with Crippen LogP contribution in [-0.4, -0.2) is 24.9 Å². The lowest BCUT2D eigenvalue weighted by molar-refractivity contribution is -0.122. The van der Waals surface area contributed by atoms with Crippen LogP contribution in [0.4, 0.5) is 0 Å². The lowest BCUT2D eigenvalue weighted by Gasteiger charge is -2.27. The molecular formula is C24H24N2O2. The maximum atomic E-state index is 13.3. The summed E-state index contributed by atoms with van der Waals surface area (Å²) >= 11 is 0. The molecule has 1 aliphatic heterocycles. The number of carbonyl (C=O) groups excluding carboxylic acids is 1. The summed E-state index contributed by atoms with van der Waals surface area (Å²) in [6, 6.07) is 23.8. The highest BCUT2D eigenvalue weighted by atomic mass is 16.5. The van der Waals surface area contributed by atoms with E-state index in [1.165, 1.54) is 5.56 Å². The van der Waals surface area contributed by atoms with Gasteiger partial charge in [-0.3, -0.25) is 4.79 Å². The molecule has 0 spiro atoms. The molecule has 1 N–H and O–H groups in total. The Hall–Kier alpha value is -3.11. The van der Waals surface area contributed by atoms with E-state index < -0.39 is 0 Å². The predicted molar refractivity (Wildman–Crippen MR) is 110 cm³/mol. The lowest BCUT2D eigenvalue weighted by Crippen LogP contribution is -2.31. The van der Waals surface area contributed by atoms with E-state index in [1.807, 2.05) is 74.8 Å². The van der Waals surface area contributed by atoms with E-state index in [4.69, 9.17) is 4.74 Å². The van der Waals surface area contributed by atoms with Crippen molar-refractivity contribution in [3.63, 3.8) is 0 Å². The largest absolute Gasteiger partial charge is 0.457 e. The molecule has 1 heterocycles. The number of rotatable bonds is 5. The van der Waals surface area contributed by atoms with Crippen molar-refractivity contribution < 1.29 is 9.53 Å². The number of hydrogen-bond acceptors (Lipinski definition) is 3. The van der Waals surface area contributed by atoms with Gasteiger partial charge in [0.05, 0.1) is 5.92 Å². The van der Waals surface area contributed by atoms with Crippen LogP contribution in [-0.2, 0) is 17.9 Å². The Balaban J connectivity index is 1.60. The molecule has 3 aromatic rings. The molecule has 0 unspecified atom stereocenters. The second-order valence-corrected chi connectivity index (χ2v) is 7.34. The third-order valence-electron chi connectivity index (χ3n) is 5.00. The van der Waals surface area contributed by atoms with Crippen molar-refractivity contribution in [1.29, 1.82) is 0 Å². The van der Waals surface area contributed by atoms with Crippen LogP contribution >= 0.6 is 0 Å². The first-order valence-electron chi connectivity index (χ1n) is 9.48. The summed E-state index contributed by atoms with van der Waals surface area (Å²) in [4.78, 5) is 15.4. The second-order valence-electron chi connectivity index (χ2n) is 7.34. The van der Waals surface area contributed by atoms with E-state index in [-0.39, 0.29) is 11.8 Å². The number of nitrogens with one attached hydrogen (secondary N) is 1. The van der Waals surface area contributed by atoms with E-state index in [0.717, 1.165) is 34.7 Å². The summed E-state index contributed by atoms with van der Waals surface area (Å²) in [5.74, 6) is 1.11. The Kier molecular flexibility index (Phi) is 5.13. The van der Waals surface area contributed by atoms with E-state index in [0.29, 0.717) is 6.54 Å². The number of benzene rings is 3. The SMILES string of the molecule is CN(C)Cc1ccccc1CNC(=O)C1c2ccccc2Oc2ccccc21. The van der Waals surface area contributed by atoms with Gasteiger partial charge in [0.25, 0.3) is 0 Å². The number of fused-ring (bicyclic) bond motifs is 2. The Morgan fingerprint density at radius 3 is 2.00 bits per heavy atom. The maximum absolute atomic E-state index is 13.3. The average Bonchev–Trinajstić information content (AvgIpc) is 2.70. The number of carbonyl (C=O) groups is 1. The monoisotopic (exact) mass is 372 g/mol. The summed E-state index contributed by atoms with van der Waals surface area (Å²) in [5.41, 5.74) is 4.17. The van der Waals surface area contributed by atoms with Crippen molar-refractivity contribution >= 4 is 5.91 Å². The van der Waals surface area contributed by atoms with Crippen LogP contribution in [0, 0.1) is 0 Å².